The lowest BCUT2D eigenvalue weighted by atomic mass is 10.2. The molecule has 0 radical (unpaired) electrons. The zero-order valence-electron chi connectivity index (χ0n) is 12.4. The van der Waals surface area contributed by atoms with E-state index in [2.05, 4.69) is 0 Å². The Balaban J connectivity index is 2.20. The number of rotatable bonds is 6. The summed E-state index contributed by atoms with van der Waals surface area (Å²) in [7, 11) is 1.48. The van der Waals surface area contributed by atoms with Crippen LogP contribution in [0.3, 0.4) is 0 Å². The van der Waals surface area contributed by atoms with Crippen LogP contribution in [0.2, 0.25) is 5.02 Å². The van der Waals surface area contributed by atoms with Gasteiger partial charge in [0.15, 0.2) is 11.5 Å². The van der Waals surface area contributed by atoms with Crippen molar-refractivity contribution in [3.63, 3.8) is 0 Å². The number of primary amides is 1. The van der Waals surface area contributed by atoms with Gasteiger partial charge in [0.2, 0.25) is 5.91 Å². The van der Waals surface area contributed by atoms with Gasteiger partial charge in [-0.15, -0.1) is 0 Å². The van der Waals surface area contributed by atoms with Gasteiger partial charge in [-0.25, -0.2) is 4.39 Å². The third kappa shape index (κ3) is 4.72. The molecule has 0 aromatic heterocycles. The van der Waals surface area contributed by atoms with Crippen LogP contribution >= 0.6 is 11.6 Å². The molecule has 0 aliphatic heterocycles. The number of hydrogen-bond donors (Lipinski definition) is 1. The van der Waals surface area contributed by atoms with Crippen molar-refractivity contribution in [3.05, 3.63) is 64.4 Å². The summed E-state index contributed by atoms with van der Waals surface area (Å²) in [5.74, 6) is -0.0786. The molecule has 4 nitrogen and oxygen atoms in total. The molecule has 2 aromatic carbocycles. The number of ether oxygens (including phenoxy) is 2. The number of carbonyl (C=O) groups is 1. The summed E-state index contributed by atoms with van der Waals surface area (Å²) in [5, 5.41) is 0.329. The van der Waals surface area contributed by atoms with Gasteiger partial charge in [-0.05, 0) is 41.5 Å². The summed E-state index contributed by atoms with van der Waals surface area (Å²) in [5.41, 5.74) is 6.51. The predicted octanol–water partition coefficient (Wildman–Crippen LogP) is 3.57. The standard InChI is InChI=1S/C17H15ClFNO3/c1-22-15-9-12(4-7-16(20)21)8-14(18)17(15)23-10-11-2-5-13(19)6-3-11/h2-9H,10H2,1H3,(H2,20,21). The molecule has 0 bridgehead atoms. The number of nitrogens with two attached hydrogens (primary N) is 1. The van der Waals surface area contributed by atoms with Crippen LogP contribution in [0.25, 0.3) is 6.08 Å². The lowest BCUT2D eigenvalue weighted by Crippen LogP contribution is -2.05. The fourth-order valence-corrected chi connectivity index (χ4v) is 2.16. The molecule has 0 atom stereocenters. The van der Waals surface area contributed by atoms with Gasteiger partial charge in [-0.1, -0.05) is 23.7 Å². The first-order chi connectivity index (χ1) is 11.0. The second-order valence-corrected chi connectivity index (χ2v) is 5.09. The first kappa shape index (κ1) is 16.8. The van der Waals surface area contributed by atoms with E-state index in [1.807, 2.05) is 0 Å². The van der Waals surface area contributed by atoms with E-state index >= 15 is 0 Å². The van der Waals surface area contributed by atoms with Crippen LogP contribution in [0.15, 0.2) is 42.5 Å². The summed E-state index contributed by atoms with van der Waals surface area (Å²) < 4.78 is 23.8. The van der Waals surface area contributed by atoms with Gasteiger partial charge >= 0.3 is 0 Å². The Bertz CT molecular complexity index is 729. The third-order valence-corrected chi connectivity index (χ3v) is 3.27. The molecule has 2 aromatic rings. The van der Waals surface area contributed by atoms with Crippen molar-refractivity contribution in [2.24, 2.45) is 5.73 Å². The second-order valence-electron chi connectivity index (χ2n) is 4.68. The molecule has 0 fully saturated rings. The first-order valence-corrected chi connectivity index (χ1v) is 7.09. The van der Waals surface area contributed by atoms with Gasteiger partial charge in [0.05, 0.1) is 12.1 Å². The van der Waals surface area contributed by atoms with E-state index < -0.39 is 5.91 Å². The van der Waals surface area contributed by atoms with Gasteiger partial charge < -0.3 is 15.2 Å². The minimum absolute atomic E-state index is 0.215. The SMILES string of the molecule is COc1cc(C=CC(N)=O)cc(Cl)c1OCc1ccc(F)cc1. The summed E-state index contributed by atoms with van der Waals surface area (Å²) in [6.07, 6.45) is 2.75. The van der Waals surface area contributed by atoms with Gasteiger partial charge in [-0.3, -0.25) is 4.79 Å². The van der Waals surface area contributed by atoms with Crippen LogP contribution in [0.5, 0.6) is 11.5 Å². The third-order valence-electron chi connectivity index (χ3n) is 2.99. The summed E-state index contributed by atoms with van der Waals surface area (Å²) in [4.78, 5) is 10.8. The lowest BCUT2D eigenvalue weighted by Gasteiger charge is -2.13. The van der Waals surface area contributed by atoms with Gasteiger partial charge in [0.1, 0.15) is 12.4 Å². The molecule has 0 aliphatic carbocycles. The molecule has 0 saturated carbocycles. The fourth-order valence-electron chi connectivity index (χ4n) is 1.89. The number of amides is 1. The molecule has 0 aliphatic rings. The molecular formula is C17H15ClFNO3. The summed E-state index contributed by atoms with van der Waals surface area (Å²) in [6, 6.07) is 9.26. The molecule has 120 valence electrons. The zero-order valence-corrected chi connectivity index (χ0v) is 13.1. The highest BCUT2D eigenvalue weighted by Crippen LogP contribution is 2.37. The van der Waals surface area contributed by atoms with Crippen LogP contribution in [-0.2, 0) is 11.4 Å². The molecule has 1 amide bonds. The summed E-state index contributed by atoms with van der Waals surface area (Å²) >= 11 is 6.21. The molecule has 0 spiro atoms. The van der Waals surface area contributed by atoms with Crippen molar-refractivity contribution in [2.45, 2.75) is 6.61 Å². The maximum Gasteiger partial charge on any atom is 0.241 e. The van der Waals surface area contributed by atoms with Crippen LogP contribution in [-0.4, -0.2) is 13.0 Å². The monoisotopic (exact) mass is 335 g/mol. The second kappa shape index (κ2) is 7.65. The maximum atomic E-state index is 12.9. The van der Waals surface area contributed by atoms with Gasteiger partial charge in [0.25, 0.3) is 0 Å². The Labute approximate surface area is 138 Å². The average molecular weight is 336 g/mol. The smallest absolute Gasteiger partial charge is 0.241 e. The minimum Gasteiger partial charge on any atom is -0.493 e. The van der Waals surface area contributed by atoms with Gasteiger partial charge in [-0.2, -0.15) is 0 Å². The lowest BCUT2D eigenvalue weighted by molar-refractivity contribution is -0.113. The molecule has 23 heavy (non-hydrogen) atoms. The van der Waals surface area contributed by atoms with Crippen molar-refractivity contribution < 1.29 is 18.7 Å². The van der Waals surface area contributed by atoms with Crippen molar-refractivity contribution in [1.82, 2.24) is 0 Å². The normalized spacial score (nSPS) is 10.7. The highest BCUT2D eigenvalue weighted by Gasteiger charge is 2.11. The van der Waals surface area contributed by atoms with Crippen molar-refractivity contribution in [1.29, 1.82) is 0 Å². The minimum atomic E-state index is -0.559. The molecule has 0 unspecified atom stereocenters. The van der Waals surface area contributed by atoms with Crippen LogP contribution in [0, 0.1) is 5.82 Å². The van der Waals surface area contributed by atoms with E-state index in [-0.39, 0.29) is 12.4 Å². The van der Waals surface area contributed by atoms with Crippen LogP contribution in [0.4, 0.5) is 4.39 Å². The van der Waals surface area contributed by atoms with Gasteiger partial charge in [0, 0.05) is 6.08 Å². The van der Waals surface area contributed by atoms with Crippen molar-refractivity contribution in [2.75, 3.05) is 7.11 Å². The van der Waals surface area contributed by atoms with Crippen molar-refractivity contribution in [3.8, 4) is 11.5 Å². The quantitative estimate of drug-likeness (QED) is 0.821. The Morgan fingerprint density at radius 1 is 1.30 bits per heavy atom. The topological polar surface area (TPSA) is 61.5 Å². The summed E-state index contributed by atoms with van der Waals surface area (Å²) in [6.45, 7) is 0.215. The number of carbonyl (C=O) groups excluding carboxylic acids is 1. The fraction of sp³-hybridized carbons (Fsp3) is 0.118. The number of benzene rings is 2. The predicted molar refractivity (Wildman–Crippen MR) is 87.0 cm³/mol. The molecular weight excluding hydrogens is 321 g/mol. The Morgan fingerprint density at radius 2 is 2.00 bits per heavy atom. The highest BCUT2D eigenvalue weighted by atomic mass is 35.5. The van der Waals surface area contributed by atoms with Crippen molar-refractivity contribution >= 4 is 23.6 Å². The largest absolute Gasteiger partial charge is 0.493 e. The number of halogens is 2. The van der Waals surface area contributed by atoms with E-state index in [0.29, 0.717) is 22.1 Å². The zero-order chi connectivity index (χ0) is 16.8. The van der Waals surface area contributed by atoms with E-state index in [0.717, 1.165) is 5.56 Å². The van der Waals surface area contributed by atoms with E-state index in [1.54, 1.807) is 24.3 Å². The number of hydrogen-bond acceptors (Lipinski definition) is 3. The van der Waals surface area contributed by atoms with E-state index in [4.69, 9.17) is 26.8 Å². The Hall–Kier alpha value is -2.53. The van der Waals surface area contributed by atoms with Crippen LogP contribution in [0.1, 0.15) is 11.1 Å². The van der Waals surface area contributed by atoms with Crippen LogP contribution < -0.4 is 15.2 Å². The highest BCUT2D eigenvalue weighted by molar-refractivity contribution is 6.32. The molecule has 2 rings (SSSR count). The molecule has 0 saturated heterocycles. The molecule has 6 heteroatoms. The van der Waals surface area contributed by atoms with E-state index in [1.165, 1.54) is 31.4 Å². The first-order valence-electron chi connectivity index (χ1n) is 6.72. The van der Waals surface area contributed by atoms with E-state index in [9.17, 15) is 9.18 Å². The average Bonchev–Trinajstić information content (AvgIpc) is 2.53. The Morgan fingerprint density at radius 3 is 2.61 bits per heavy atom. The molecule has 2 N–H and O–H groups in total. The molecule has 0 heterocycles. The number of methoxy groups -OCH3 is 1. The Kier molecular flexibility index (Phi) is 5.60. The maximum absolute atomic E-state index is 12.9.